The molecule has 0 spiro atoms. The average Bonchev–Trinajstić information content (AvgIpc) is 2.97. The summed E-state index contributed by atoms with van der Waals surface area (Å²) in [5, 5.41) is 1.04. The van der Waals surface area contributed by atoms with Crippen molar-refractivity contribution in [3.8, 4) is 11.5 Å². The molecule has 0 saturated carbocycles. The summed E-state index contributed by atoms with van der Waals surface area (Å²) in [4.78, 5) is 38.1. The van der Waals surface area contributed by atoms with Crippen molar-refractivity contribution in [2.75, 3.05) is 0 Å². The van der Waals surface area contributed by atoms with E-state index < -0.39 is 27.1 Å². The van der Waals surface area contributed by atoms with Gasteiger partial charge in [0.25, 0.3) is 0 Å². The molecule has 1 heterocycles. The van der Waals surface area contributed by atoms with Crippen LogP contribution in [0.4, 0.5) is 0 Å². The van der Waals surface area contributed by atoms with Crippen molar-refractivity contribution in [2.24, 2.45) is 0 Å². The summed E-state index contributed by atoms with van der Waals surface area (Å²) in [7, 11) is -10.2. The van der Waals surface area contributed by atoms with Crippen LogP contribution in [-0.4, -0.2) is 19.6 Å². The maximum absolute atomic E-state index is 11.8. The number of rotatable bonds is 4. The molecule has 4 rings (SSSR count). The second-order valence-corrected chi connectivity index (χ2v) is 10.5. The van der Waals surface area contributed by atoms with Crippen molar-refractivity contribution in [3.05, 3.63) is 35.1 Å². The summed E-state index contributed by atoms with van der Waals surface area (Å²) in [6, 6.07) is 3.74. The first-order chi connectivity index (χ1) is 13.8. The lowest BCUT2D eigenvalue weighted by Gasteiger charge is -2.34. The van der Waals surface area contributed by atoms with E-state index in [0.29, 0.717) is 28.3 Å². The molecule has 0 aliphatic heterocycles. The van der Waals surface area contributed by atoms with Crippen LogP contribution in [0.25, 0.3) is 21.7 Å². The molecule has 0 bridgehead atoms. The highest BCUT2D eigenvalue weighted by molar-refractivity contribution is 7.47. The van der Waals surface area contributed by atoms with Crippen molar-refractivity contribution in [3.63, 3.8) is 0 Å². The maximum Gasteiger partial charge on any atom is 0.524 e. The van der Waals surface area contributed by atoms with E-state index in [-0.39, 0.29) is 10.8 Å². The number of furan rings is 1. The Morgan fingerprint density at radius 1 is 1.00 bits per heavy atom. The van der Waals surface area contributed by atoms with Crippen LogP contribution in [-0.2, 0) is 21.0 Å². The first-order valence-electron chi connectivity index (χ1n) is 9.28. The molecular formula is C19H22O9P2. The van der Waals surface area contributed by atoms with Crippen LogP contribution < -0.4 is 9.05 Å². The Hall–Kier alpha value is -1.86. The van der Waals surface area contributed by atoms with Crippen LogP contribution in [0.3, 0.4) is 0 Å². The highest BCUT2D eigenvalue weighted by atomic mass is 31.2. The summed E-state index contributed by atoms with van der Waals surface area (Å²) in [6.07, 6.45) is 3.75. The third-order valence-electron chi connectivity index (χ3n) is 5.57. The van der Waals surface area contributed by atoms with Gasteiger partial charge in [-0.25, -0.2) is 9.13 Å². The van der Waals surface area contributed by atoms with E-state index >= 15 is 0 Å². The monoisotopic (exact) mass is 456 g/mol. The van der Waals surface area contributed by atoms with Gasteiger partial charge in [-0.05, 0) is 48.3 Å². The summed E-state index contributed by atoms with van der Waals surface area (Å²) in [5.74, 6) is -0.842. The lowest BCUT2D eigenvalue weighted by molar-refractivity contribution is 0.265. The molecule has 1 aromatic heterocycles. The lowest BCUT2D eigenvalue weighted by Crippen LogP contribution is -2.24. The predicted octanol–water partition coefficient (Wildman–Crippen LogP) is 4.45. The zero-order valence-corrected chi connectivity index (χ0v) is 18.4. The quantitative estimate of drug-likeness (QED) is 0.418. The van der Waals surface area contributed by atoms with Gasteiger partial charge in [-0.1, -0.05) is 26.0 Å². The van der Waals surface area contributed by atoms with E-state index in [2.05, 4.69) is 13.8 Å². The van der Waals surface area contributed by atoms with Gasteiger partial charge < -0.3 is 13.5 Å². The lowest BCUT2D eigenvalue weighted by atomic mass is 9.71. The Morgan fingerprint density at radius 2 is 1.60 bits per heavy atom. The fraction of sp³-hybridized carbons (Fsp3) is 0.368. The minimum absolute atomic E-state index is 0.185. The topological polar surface area (TPSA) is 147 Å². The minimum Gasteiger partial charge on any atom is -0.463 e. The van der Waals surface area contributed by atoms with Crippen molar-refractivity contribution in [2.45, 2.75) is 45.4 Å². The van der Waals surface area contributed by atoms with E-state index in [1.807, 2.05) is 6.07 Å². The smallest absolute Gasteiger partial charge is 0.463 e. The summed E-state index contributed by atoms with van der Waals surface area (Å²) in [5.41, 5.74) is 2.35. The second kappa shape index (κ2) is 6.82. The van der Waals surface area contributed by atoms with Gasteiger partial charge in [0.2, 0.25) is 0 Å². The summed E-state index contributed by atoms with van der Waals surface area (Å²) in [6.45, 7) is 5.78. The van der Waals surface area contributed by atoms with Crippen molar-refractivity contribution < 1.29 is 42.2 Å². The number of benzene rings is 2. The molecule has 1 aliphatic carbocycles. The highest BCUT2D eigenvalue weighted by Gasteiger charge is 2.35. The van der Waals surface area contributed by atoms with Crippen LogP contribution in [0, 0.1) is 6.92 Å². The molecule has 4 N–H and O–H groups in total. The fourth-order valence-electron chi connectivity index (χ4n) is 4.40. The van der Waals surface area contributed by atoms with E-state index in [9.17, 15) is 28.7 Å². The van der Waals surface area contributed by atoms with Crippen LogP contribution in [0.2, 0.25) is 0 Å². The molecule has 3 aromatic rings. The summed E-state index contributed by atoms with van der Waals surface area (Å²) >= 11 is 0. The Bertz CT molecular complexity index is 1260. The van der Waals surface area contributed by atoms with Gasteiger partial charge in [0.05, 0.1) is 11.6 Å². The molecule has 11 heteroatoms. The second-order valence-electron chi connectivity index (χ2n) is 8.20. The Morgan fingerprint density at radius 3 is 2.20 bits per heavy atom. The molecule has 0 atom stereocenters. The molecule has 30 heavy (non-hydrogen) atoms. The molecule has 9 nitrogen and oxygen atoms in total. The van der Waals surface area contributed by atoms with Gasteiger partial charge in [-0.15, -0.1) is 0 Å². The number of hydrogen-bond donors (Lipinski definition) is 4. The largest absolute Gasteiger partial charge is 0.524 e. The molecule has 1 aliphatic rings. The fourth-order valence-corrected chi connectivity index (χ4v) is 5.22. The van der Waals surface area contributed by atoms with Crippen molar-refractivity contribution >= 4 is 37.4 Å². The van der Waals surface area contributed by atoms with Crippen LogP contribution in [0.15, 0.2) is 22.8 Å². The van der Waals surface area contributed by atoms with Crippen LogP contribution in [0.1, 0.15) is 43.4 Å². The molecule has 2 aromatic carbocycles. The molecule has 162 valence electrons. The van der Waals surface area contributed by atoms with Gasteiger partial charge in [0.1, 0.15) is 5.58 Å². The number of phosphoric acid groups is 2. The standard InChI is InChI=1S/C19H22O9P2/c1-10-9-26-16-12-6-7-13-11(5-4-8-19(13,2)3)15(12)18(28-30(23,24)25)17(14(10)16)27-29(20,21)22/h6-7,9H,4-5,8H2,1-3H3,(H2,20,21,22)(H2,23,24,25). The van der Waals surface area contributed by atoms with E-state index in [1.54, 1.807) is 13.0 Å². The van der Waals surface area contributed by atoms with Gasteiger partial charge >= 0.3 is 15.6 Å². The third kappa shape index (κ3) is 3.66. The summed E-state index contributed by atoms with van der Waals surface area (Å²) < 4.78 is 39.1. The first-order valence-corrected chi connectivity index (χ1v) is 12.3. The van der Waals surface area contributed by atoms with Gasteiger partial charge in [0, 0.05) is 10.8 Å². The molecule has 0 saturated heterocycles. The first kappa shape index (κ1) is 21.4. The van der Waals surface area contributed by atoms with E-state index in [0.717, 1.165) is 24.0 Å². The van der Waals surface area contributed by atoms with Gasteiger partial charge in [0.15, 0.2) is 11.5 Å². The molecule has 0 unspecified atom stereocenters. The molecule has 0 fully saturated rings. The Balaban J connectivity index is 2.23. The third-order valence-corrected chi connectivity index (χ3v) is 6.41. The highest BCUT2D eigenvalue weighted by Crippen LogP contribution is 2.56. The number of aryl methyl sites for hydroxylation is 2. The number of phosphoric ester groups is 2. The SMILES string of the molecule is Cc1coc2c1c(OP(=O)(O)O)c(OP(=O)(O)O)c1c3c(ccc12)C(C)(C)CCC3. The minimum atomic E-state index is -5.09. The van der Waals surface area contributed by atoms with Gasteiger partial charge in [-0.2, -0.15) is 0 Å². The predicted molar refractivity (Wildman–Crippen MR) is 110 cm³/mol. The molecule has 0 amide bonds. The van der Waals surface area contributed by atoms with Crippen molar-refractivity contribution in [1.82, 2.24) is 0 Å². The zero-order valence-electron chi connectivity index (χ0n) is 16.6. The number of fused-ring (bicyclic) bond motifs is 5. The van der Waals surface area contributed by atoms with Crippen LogP contribution >= 0.6 is 15.6 Å². The Labute approximate surface area is 172 Å². The molecule has 0 radical (unpaired) electrons. The average molecular weight is 456 g/mol. The van der Waals surface area contributed by atoms with Gasteiger partial charge in [-0.3, -0.25) is 19.6 Å². The van der Waals surface area contributed by atoms with E-state index in [1.165, 1.54) is 6.26 Å². The van der Waals surface area contributed by atoms with Crippen molar-refractivity contribution in [1.29, 1.82) is 0 Å². The molecular weight excluding hydrogens is 434 g/mol. The number of hydrogen-bond acceptors (Lipinski definition) is 5. The zero-order chi connectivity index (χ0) is 22.1. The normalized spacial score (nSPS) is 16.6. The van der Waals surface area contributed by atoms with E-state index in [4.69, 9.17) is 13.5 Å². The maximum atomic E-state index is 11.8. The Kier molecular flexibility index (Phi) is 4.86. The van der Waals surface area contributed by atoms with Crippen LogP contribution in [0.5, 0.6) is 11.5 Å².